The molecule has 2 aromatic carbocycles. The van der Waals surface area contributed by atoms with Crippen molar-refractivity contribution in [3.8, 4) is 6.07 Å². The molecule has 10 heteroatoms. The van der Waals surface area contributed by atoms with Crippen LogP contribution in [0.3, 0.4) is 0 Å². The maximum atomic E-state index is 12.8. The molecule has 2 N–H and O–H groups in total. The number of carbonyl (C=O) groups excluding carboxylic acids is 3. The highest BCUT2D eigenvalue weighted by atomic mass is 35.5. The van der Waals surface area contributed by atoms with E-state index in [4.69, 9.17) is 27.9 Å². The fourth-order valence-corrected chi connectivity index (χ4v) is 4.51. The van der Waals surface area contributed by atoms with Gasteiger partial charge in [0.25, 0.3) is 0 Å². The van der Waals surface area contributed by atoms with Gasteiger partial charge in [0.2, 0.25) is 11.8 Å². The molecule has 0 fully saturated rings. The molecule has 1 aliphatic heterocycles. The van der Waals surface area contributed by atoms with Crippen LogP contribution in [0.2, 0.25) is 10.0 Å². The van der Waals surface area contributed by atoms with Crippen LogP contribution >= 0.6 is 35.0 Å². The van der Waals surface area contributed by atoms with E-state index in [2.05, 4.69) is 16.7 Å². The summed E-state index contributed by atoms with van der Waals surface area (Å²) in [6.45, 7) is 1.85. The molecule has 0 saturated carbocycles. The minimum Gasteiger partial charge on any atom is -0.468 e. The zero-order valence-electron chi connectivity index (χ0n) is 17.6. The summed E-state index contributed by atoms with van der Waals surface area (Å²) >= 11 is 13.1. The fraction of sp³-hybridized carbons (Fsp3) is 0.217. The Morgan fingerprint density at radius 1 is 1.21 bits per heavy atom. The monoisotopic (exact) mass is 503 g/mol. The second-order valence-electron chi connectivity index (χ2n) is 7.17. The van der Waals surface area contributed by atoms with E-state index in [-0.39, 0.29) is 22.3 Å². The number of amides is 2. The largest absolute Gasteiger partial charge is 0.468 e. The van der Waals surface area contributed by atoms with E-state index in [1.807, 2.05) is 6.92 Å². The SMILES string of the molecule is COC(=O)C1C(=O)NC(SCC(=O)Nc2ccc(C)c(Cl)c2)=C(C#N)C1c1ccc(Cl)cc1. The number of esters is 1. The van der Waals surface area contributed by atoms with Crippen LogP contribution in [0.25, 0.3) is 0 Å². The molecule has 0 bridgehead atoms. The lowest BCUT2D eigenvalue weighted by Gasteiger charge is -2.30. The molecule has 0 radical (unpaired) electrons. The van der Waals surface area contributed by atoms with Gasteiger partial charge in [0, 0.05) is 21.7 Å². The van der Waals surface area contributed by atoms with Crippen molar-refractivity contribution >= 4 is 58.4 Å². The summed E-state index contributed by atoms with van der Waals surface area (Å²) in [4.78, 5) is 37.7. The highest BCUT2D eigenvalue weighted by Crippen LogP contribution is 2.40. The van der Waals surface area contributed by atoms with Crippen molar-refractivity contribution in [3.05, 3.63) is 74.2 Å². The number of nitrogens with one attached hydrogen (secondary N) is 2. The Morgan fingerprint density at radius 3 is 2.52 bits per heavy atom. The van der Waals surface area contributed by atoms with Gasteiger partial charge in [-0.1, -0.05) is 53.2 Å². The van der Waals surface area contributed by atoms with Crippen molar-refractivity contribution in [1.82, 2.24) is 5.32 Å². The van der Waals surface area contributed by atoms with Gasteiger partial charge in [-0.05, 0) is 42.3 Å². The lowest BCUT2D eigenvalue weighted by molar-refractivity contribution is -0.150. The van der Waals surface area contributed by atoms with Crippen LogP contribution in [0.4, 0.5) is 5.69 Å². The molecule has 170 valence electrons. The summed E-state index contributed by atoms with van der Waals surface area (Å²) in [5.41, 5.74) is 2.12. The first-order chi connectivity index (χ1) is 15.7. The first kappa shape index (κ1) is 24.6. The maximum Gasteiger partial charge on any atom is 0.319 e. The third kappa shape index (κ3) is 5.69. The number of thioether (sulfide) groups is 1. The third-order valence-electron chi connectivity index (χ3n) is 5.02. The van der Waals surface area contributed by atoms with E-state index in [0.29, 0.717) is 21.3 Å². The zero-order chi connectivity index (χ0) is 24.1. The van der Waals surface area contributed by atoms with E-state index in [1.54, 1.807) is 42.5 Å². The Hall–Kier alpha value is -2.99. The number of carbonyl (C=O) groups is 3. The Labute approximate surface area is 205 Å². The van der Waals surface area contributed by atoms with Crippen LogP contribution in [-0.4, -0.2) is 30.6 Å². The van der Waals surface area contributed by atoms with Crippen LogP contribution < -0.4 is 10.6 Å². The van der Waals surface area contributed by atoms with Crippen molar-refractivity contribution in [2.24, 2.45) is 5.92 Å². The van der Waals surface area contributed by atoms with Crippen LogP contribution in [0.15, 0.2) is 53.1 Å². The van der Waals surface area contributed by atoms with Gasteiger partial charge in [-0.25, -0.2) is 0 Å². The van der Waals surface area contributed by atoms with Crippen LogP contribution in [0, 0.1) is 24.2 Å². The number of anilines is 1. The average Bonchev–Trinajstić information content (AvgIpc) is 2.79. The highest BCUT2D eigenvalue weighted by Gasteiger charge is 2.44. The molecule has 2 amide bonds. The van der Waals surface area contributed by atoms with Crippen LogP contribution in [-0.2, 0) is 19.1 Å². The molecule has 0 spiro atoms. The number of hydrogen-bond acceptors (Lipinski definition) is 6. The Kier molecular flexibility index (Phi) is 8.03. The normalized spacial score (nSPS) is 17.7. The van der Waals surface area contributed by atoms with E-state index in [9.17, 15) is 19.6 Å². The molecule has 3 rings (SSSR count). The summed E-state index contributed by atoms with van der Waals surface area (Å²) in [7, 11) is 1.18. The number of allylic oxidation sites excluding steroid dienone is 1. The van der Waals surface area contributed by atoms with Gasteiger partial charge in [-0.2, -0.15) is 5.26 Å². The van der Waals surface area contributed by atoms with Crippen molar-refractivity contribution in [2.75, 3.05) is 18.2 Å². The minimum absolute atomic E-state index is 0.0808. The fourth-order valence-electron chi connectivity index (χ4n) is 3.36. The summed E-state index contributed by atoms with van der Waals surface area (Å²) in [5, 5.41) is 16.4. The predicted molar refractivity (Wildman–Crippen MR) is 128 cm³/mol. The molecular weight excluding hydrogens is 485 g/mol. The topological polar surface area (TPSA) is 108 Å². The van der Waals surface area contributed by atoms with Gasteiger partial charge in [-0.15, -0.1) is 0 Å². The van der Waals surface area contributed by atoms with Crippen LogP contribution in [0.1, 0.15) is 17.0 Å². The second kappa shape index (κ2) is 10.8. The molecule has 1 aliphatic rings. The quantitative estimate of drug-likeness (QED) is 0.446. The number of rotatable bonds is 6. The van der Waals surface area contributed by atoms with Crippen molar-refractivity contribution in [2.45, 2.75) is 12.8 Å². The van der Waals surface area contributed by atoms with Crippen molar-refractivity contribution in [3.63, 3.8) is 0 Å². The number of nitrogens with zero attached hydrogens (tertiary/aromatic N) is 1. The van der Waals surface area contributed by atoms with Crippen LogP contribution in [0.5, 0.6) is 0 Å². The molecular formula is C23H19Cl2N3O4S. The number of methoxy groups -OCH3 is 1. The minimum atomic E-state index is -1.25. The first-order valence-electron chi connectivity index (χ1n) is 9.72. The van der Waals surface area contributed by atoms with Gasteiger partial charge in [0.15, 0.2) is 0 Å². The molecule has 2 atom stereocenters. The van der Waals surface area contributed by atoms with Crippen molar-refractivity contribution < 1.29 is 19.1 Å². The summed E-state index contributed by atoms with van der Waals surface area (Å²) in [6.07, 6.45) is 0. The summed E-state index contributed by atoms with van der Waals surface area (Å²) in [6, 6.07) is 13.8. The highest BCUT2D eigenvalue weighted by molar-refractivity contribution is 8.03. The summed E-state index contributed by atoms with van der Waals surface area (Å²) < 4.78 is 4.81. The molecule has 2 aromatic rings. The number of nitriles is 1. The Balaban J connectivity index is 1.87. The van der Waals surface area contributed by atoms with E-state index in [1.165, 1.54) is 7.11 Å². The molecule has 0 aliphatic carbocycles. The van der Waals surface area contributed by atoms with E-state index in [0.717, 1.165) is 17.3 Å². The van der Waals surface area contributed by atoms with E-state index < -0.39 is 23.7 Å². The second-order valence-corrected chi connectivity index (χ2v) is 9.00. The Bertz CT molecular complexity index is 1180. The summed E-state index contributed by atoms with van der Waals surface area (Å²) in [5.74, 6) is -3.94. The molecule has 0 saturated heterocycles. The molecule has 7 nitrogen and oxygen atoms in total. The van der Waals surface area contributed by atoms with Crippen molar-refractivity contribution in [1.29, 1.82) is 5.26 Å². The molecule has 0 aromatic heterocycles. The maximum absolute atomic E-state index is 12.8. The standard InChI is InChI=1S/C23H19Cl2N3O4S/c1-12-3-8-15(9-17(12)25)27-18(29)11-33-22-16(10-26)19(13-4-6-14(24)7-5-13)20(21(30)28-22)23(31)32-2/h3-9,19-20H,11H2,1-2H3,(H,27,29)(H,28,30). The lowest BCUT2D eigenvalue weighted by Crippen LogP contribution is -2.44. The zero-order valence-corrected chi connectivity index (χ0v) is 20.0. The number of benzene rings is 2. The predicted octanol–water partition coefficient (Wildman–Crippen LogP) is 4.41. The van der Waals surface area contributed by atoms with Gasteiger partial charge in [0.1, 0.15) is 5.92 Å². The van der Waals surface area contributed by atoms with Gasteiger partial charge >= 0.3 is 5.97 Å². The van der Waals surface area contributed by atoms with Gasteiger partial charge in [-0.3, -0.25) is 14.4 Å². The van der Waals surface area contributed by atoms with E-state index >= 15 is 0 Å². The number of ether oxygens (including phenoxy) is 1. The van der Waals surface area contributed by atoms with Gasteiger partial charge in [0.05, 0.1) is 29.5 Å². The smallest absolute Gasteiger partial charge is 0.319 e. The molecule has 2 unspecified atom stereocenters. The number of halogens is 2. The third-order valence-corrected chi connectivity index (χ3v) is 6.69. The number of aryl methyl sites for hydroxylation is 1. The Morgan fingerprint density at radius 2 is 1.91 bits per heavy atom. The molecule has 1 heterocycles. The first-order valence-corrected chi connectivity index (χ1v) is 11.5. The number of hydrogen-bond donors (Lipinski definition) is 2. The lowest BCUT2D eigenvalue weighted by atomic mass is 9.78. The van der Waals surface area contributed by atoms with Gasteiger partial charge < -0.3 is 15.4 Å². The average molecular weight is 504 g/mol. The molecule has 33 heavy (non-hydrogen) atoms.